The molecular formula is C8H9Cl3N4. The summed E-state index contributed by atoms with van der Waals surface area (Å²) in [6, 6.07) is 3.71. The van der Waals surface area contributed by atoms with Crippen molar-refractivity contribution in [2.45, 2.75) is 5.88 Å². The van der Waals surface area contributed by atoms with Crippen molar-refractivity contribution < 1.29 is 0 Å². The van der Waals surface area contributed by atoms with Crippen molar-refractivity contribution >= 4 is 36.4 Å². The minimum atomic E-state index is 0. The minimum absolute atomic E-state index is 0. The van der Waals surface area contributed by atoms with E-state index in [1.54, 1.807) is 23.3 Å². The van der Waals surface area contributed by atoms with Gasteiger partial charge in [-0.25, -0.2) is 4.68 Å². The van der Waals surface area contributed by atoms with E-state index in [1.807, 2.05) is 12.1 Å². The maximum absolute atomic E-state index is 5.60. The van der Waals surface area contributed by atoms with Crippen LogP contribution in [0.25, 0.3) is 5.69 Å². The number of alkyl halides is 1. The molecule has 2 heterocycles. The van der Waals surface area contributed by atoms with E-state index in [0.717, 1.165) is 11.4 Å². The topological polar surface area (TPSA) is 43.6 Å². The van der Waals surface area contributed by atoms with Crippen molar-refractivity contribution in [1.82, 2.24) is 20.0 Å². The maximum Gasteiger partial charge on any atom is 0.0979 e. The first kappa shape index (κ1) is 14.2. The molecule has 0 aliphatic rings. The van der Waals surface area contributed by atoms with Gasteiger partial charge in [-0.1, -0.05) is 5.21 Å². The van der Waals surface area contributed by atoms with Crippen LogP contribution < -0.4 is 0 Å². The van der Waals surface area contributed by atoms with Crippen LogP contribution in [0.5, 0.6) is 0 Å². The van der Waals surface area contributed by atoms with Gasteiger partial charge >= 0.3 is 0 Å². The van der Waals surface area contributed by atoms with E-state index in [-0.39, 0.29) is 24.8 Å². The number of pyridine rings is 1. The Hall–Kier alpha value is -0.840. The SMILES string of the molecule is Cl.Cl.ClCc1cn(-c2ccncc2)nn1. The highest BCUT2D eigenvalue weighted by atomic mass is 35.5. The lowest BCUT2D eigenvalue weighted by Crippen LogP contribution is -1.94. The Kier molecular flexibility index (Phi) is 6.24. The normalized spacial score (nSPS) is 8.87. The van der Waals surface area contributed by atoms with Crippen LogP contribution in [-0.4, -0.2) is 20.0 Å². The van der Waals surface area contributed by atoms with Crippen molar-refractivity contribution in [3.63, 3.8) is 0 Å². The van der Waals surface area contributed by atoms with E-state index in [0.29, 0.717) is 5.88 Å². The highest BCUT2D eigenvalue weighted by Crippen LogP contribution is 2.05. The van der Waals surface area contributed by atoms with Crippen LogP contribution in [-0.2, 0) is 5.88 Å². The molecule has 15 heavy (non-hydrogen) atoms. The molecule has 2 aromatic heterocycles. The van der Waals surface area contributed by atoms with E-state index in [9.17, 15) is 0 Å². The van der Waals surface area contributed by atoms with Crippen LogP contribution in [0.3, 0.4) is 0 Å². The van der Waals surface area contributed by atoms with Gasteiger partial charge in [-0.2, -0.15) is 0 Å². The Balaban J connectivity index is 0.000000980. The summed E-state index contributed by atoms with van der Waals surface area (Å²) in [5, 5.41) is 7.78. The fourth-order valence-electron chi connectivity index (χ4n) is 0.983. The Morgan fingerprint density at radius 3 is 2.40 bits per heavy atom. The standard InChI is InChI=1S/C8H7ClN4.2ClH/c9-5-7-6-13(12-11-7)8-1-3-10-4-2-8;;/h1-4,6H,5H2;2*1H. The molecule has 0 saturated heterocycles. The van der Waals surface area contributed by atoms with E-state index < -0.39 is 0 Å². The molecule has 82 valence electrons. The number of rotatable bonds is 2. The number of nitrogens with zero attached hydrogens (tertiary/aromatic N) is 4. The Morgan fingerprint density at radius 2 is 1.87 bits per heavy atom. The van der Waals surface area contributed by atoms with Crippen molar-refractivity contribution in [3.05, 3.63) is 36.4 Å². The van der Waals surface area contributed by atoms with Crippen molar-refractivity contribution in [3.8, 4) is 5.69 Å². The molecule has 4 nitrogen and oxygen atoms in total. The van der Waals surface area contributed by atoms with Crippen molar-refractivity contribution in [1.29, 1.82) is 0 Å². The quantitative estimate of drug-likeness (QED) is 0.784. The molecule has 0 bridgehead atoms. The molecule has 0 atom stereocenters. The van der Waals surface area contributed by atoms with Gasteiger partial charge in [0.05, 0.1) is 23.5 Å². The molecule has 0 radical (unpaired) electrons. The molecule has 2 rings (SSSR count). The Labute approximate surface area is 104 Å². The summed E-state index contributed by atoms with van der Waals surface area (Å²) >= 11 is 5.60. The first-order valence-electron chi connectivity index (χ1n) is 3.78. The van der Waals surface area contributed by atoms with Gasteiger partial charge in [-0.3, -0.25) is 4.98 Å². The van der Waals surface area contributed by atoms with Gasteiger partial charge in [-0.05, 0) is 12.1 Å². The molecule has 0 aliphatic heterocycles. The molecule has 0 spiro atoms. The van der Waals surface area contributed by atoms with Gasteiger partial charge in [0.15, 0.2) is 0 Å². The summed E-state index contributed by atoms with van der Waals surface area (Å²) in [6.07, 6.45) is 5.21. The molecule has 0 saturated carbocycles. The van der Waals surface area contributed by atoms with Gasteiger partial charge < -0.3 is 0 Å². The first-order valence-corrected chi connectivity index (χ1v) is 4.31. The lowest BCUT2D eigenvalue weighted by Gasteiger charge is -1.96. The Bertz CT molecular complexity index is 390. The predicted octanol–water partition coefficient (Wildman–Crippen LogP) is 2.24. The summed E-state index contributed by atoms with van der Waals surface area (Å²) in [4.78, 5) is 3.91. The third kappa shape index (κ3) is 3.34. The van der Waals surface area contributed by atoms with Crippen LogP contribution in [0.4, 0.5) is 0 Å². The van der Waals surface area contributed by atoms with Gasteiger partial charge in [-0.15, -0.1) is 41.5 Å². The first-order chi connectivity index (χ1) is 6.40. The summed E-state index contributed by atoms with van der Waals surface area (Å²) < 4.78 is 1.67. The lowest BCUT2D eigenvalue weighted by atomic mass is 10.4. The van der Waals surface area contributed by atoms with Gasteiger partial charge in [0.25, 0.3) is 0 Å². The minimum Gasteiger partial charge on any atom is -0.265 e. The smallest absolute Gasteiger partial charge is 0.0979 e. The second-order valence-corrected chi connectivity index (χ2v) is 2.76. The molecule has 7 heteroatoms. The average Bonchev–Trinajstić information content (AvgIpc) is 2.67. The van der Waals surface area contributed by atoms with Crippen LogP contribution in [0.1, 0.15) is 5.69 Å². The molecule has 0 fully saturated rings. The zero-order valence-electron chi connectivity index (χ0n) is 7.58. The number of halogens is 3. The fourth-order valence-corrected chi connectivity index (χ4v) is 1.11. The molecule has 2 aromatic rings. The summed E-state index contributed by atoms with van der Waals surface area (Å²) in [6.45, 7) is 0. The molecule has 0 unspecified atom stereocenters. The number of hydrogen-bond donors (Lipinski definition) is 0. The van der Waals surface area contributed by atoms with Crippen LogP contribution in [0, 0.1) is 0 Å². The van der Waals surface area contributed by atoms with E-state index in [4.69, 9.17) is 11.6 Å². The van der Waals surface area contributed by atoms with E-state index >= 15 is 0 Å². The largest absolute Gasteiger partial charge is 0.265 e. The second kappa shape index (κ2) is 6.61. The fraction of sp³-hybridized carbons (Fsp3) is 0.125. The molecule has 0 N–H and O–H groups in total. The van der Waals surface area contributed by atoms with Gasteiger partial charge in [0.2, 0.25) is 0 Å². The van der Waals surface area contributed by atoms with Crippen molar-refractivity contribution in [2.75, 3.05) is 0 Å². The van der Waals surface area contributed by atoms with E-state index in [1.165, 1.54) is 0 Å². The second-order valence-electron chi connectivity index (χ2n) is 2.49. The molecule has 0 aliphatic carbocycles. The average molecular weight is 268 g/mol. The Morgan fingerprint density at radius 1 is 1.20 bits per heavy atom. The van der Waals surface area contributed by atoms with Gasteiger partial charge in [0.1, 0.15) is 0 Å². The predicted molar refractivity (Wildman–Crippen MR) is 63.2 cm³/mol. The zero-order chi connectivity index (χ0) is 9.10. The third-order valence-electron chi connectivity index (χ3n) is 1.61. The van der Waals surface area contributed by atoms with Crippen LogP contribution >= 0.6 is 36.4 Å². The third-order valence-corrected chi connectivity index (χ3v) is 1.88. The van der Waals surface area contributed by atoms with Crippen LogP contribution in [0.2, 0.25) is 0 Å². The maximum atomic E-state index is 5.60. The highest BCUT2D eigenvalue weighted by Gasteiger charge is 1.99. The monoisotopic (exact) mass is 266 g/mol. The van der Waals surface area contributed by atoms with Crippen molar-refractivity contribution in [2.24, 2.45) is 0 Å². The lowest BCUT2D eigenvalue weighted by molar-refractivity contribution is 0.799. The highest BCUT2D eigenvalue weighted by molar-refractivity contribution is 6.16. The molecule has 0 amide bonds. The van der Waals surface area contributed by atoms with Gasteiger partial charge in [0, 0.05) is 12.4 Å². The zero-order valence-corrected chi connectivity index (χ0v) is 9.97. The number of aromatic nitrogens is 4. The summed E-state index contributed by atoms with van der Waals surface area (Å²) in [7, 11) is 0. The summed E-state index contributed by atoms with van der Waals surface area (Å²) in [5.74, 6) is 0.380. The summed E-state index contributed by atoms with van der Waals surface area (Å²) in [5.41, 5.74) is 1.69. The van der Waals surface area contributed by atoms with E-state index in [2.05, 4.69) is 15.3 Å². The number of hydrogen-bond acceptors (Lipinski definition) is 3. The van der Waals surface area contributed by atoms with Crippen LogP contribution in [0.15, 0.2) is 30.7 Å². The molecular weight excluding hydrogens is 258 g/mol. The molecule has 0 aromatic carbocycles.